The molecule has 1 N–H and O–H groups in total. The van der Waals surface area contributed by atoms with Gasteiger partial charge < -0.3 is 14.8 Å². The lowest BCUT2D eigenvalue weighted by molar-refractivity contribution is -0.384. The Balaban J connectivity index is 2.40. The summed E-state index contributed by atoms with van der Waals surface area (Å²) in [5.41, 5.74) is 1.86. The molecule has 2 rings (SSSR count). The highest BCUT2D eigenvalue weighted by Crippen LogP contribution is 2.32. The van der Waals surface area contributed by atoms with Gasteiger partial charge in [0, 0.05) is 11.6 Å². The van der Waals surface area contributed by atoms with Crippen LogP contribution >= 0.6 is 0 Å². The lowest BCUT2D eigenvalue weighted by Crippen LogP contribution is -2.14. The summed E-state index contributed by atoms with van der Waals surface area (Å²) in [6.45, 7) is 3.55. The van der Waals surface area contributed by atoms with E-state index in [4.69, 9.17) is 9.47 Å². The molecule has 0 saturated carbocycles. The van der Waals surface area contributed by atoms with Crippen LogP contribution in [0.15, 0.2) is 30.3 Å². The summed E-state index contributed by atoms with van der Waals surface area (Å²) < 4.78 is 10.3. The predicted molar refractivity (Wildman–Crippen MR) is 90.1 cm³/mol. The Kier molecular flexibility index (Phi) is 5.03. The lowest BCUT2D eigenvalue weighted by Gasteiger charge is -2.12. The number of anilines is 1. The van der Waals surface area contributed by atoms with Crippen LogP contribution in [0.25, 0.3) is 0 Å². The summed E-state index contributed by atoms with van der Waals surface area (Å²) in [5, 5.41) is 13.8. The van der Waals surface area contributed by atoms with Gasteiger partial charge >= 0.3 is 0 Å². The summed E-state index contributed by atoms with van der Waals surface area (Å²) >= 11 is 0. The molecule has 0 spiro atoms. The number of amides is 1. The highest BCUT2D eigenvalue weighted by molar-refractivity contribution is 6.06. The van der Waals surface area contributed by atoms with E-state index in [-0.39, 0.29) is 11.4 Å². The molecule has 0 radical (unpaired) electrons. The second-order valence-corrected chi connectivity index (χ2v) is 5.18. The van der Waals surface area contributed by atoms with Gasteiger partial charge in [-0.1, -0.05) is 6.07 Å². The number of nitrogens with zero attached hydrogens (tertiary/aromatic N) is 1. The predicted octanol–water partition coefficient (Wildman–Crippen LogP) is 3.48. The van der Waals surface area contributed by atoms with Crippen LogP contribution in [0.1, 0.15) is 21.5 Å². The van der Waals surface area contributed by atoms with E-state index in [1.54, 1.807) is 25.1 Å². The van der Waals surface area contributed by atoms with Gasteiger partial charge in [-0.05, 0) is 43.2 Å². The molecule has 0 unspecified atom stereocenters. The zero-order valence-corrected chi connectivity index (χ0v) is 13.9. The first-order valence-corrected chi connectivity index (χ1v) is 7.17. The number of benzene rings is 2. The average Bonchev–Trinajstić information content (AvgIpc) is 2.57. The first kappa shape index (κ1) is 17.3. The van der Waals surface area contributed by atoms with E-state index in [9.17, 15) is 14.9 Å². The van der Waals surface area contributed by atoms with Crippen LogP contribution in [-0.2, 0) is 0 Å². The van der Waals surface area contributed by atoms with E-state index in [0.29, 0.717) is 22.6 Å². The summed E-state index contributed by atoms with van der Waals surface area (Å²) in [6.07, 6.45) is 0. The number of carbonyl (C=O) groups excluding carboxylic acids is 1. The van der Waals surface area contributed by atoms with Crippen molar-refractivity contribution < 1.29 is 19.2 Å². The number of nitro groups is 1. The molecule has 0 saturated heterocycles. The van der Waals surface area contributed by atoms with Crippen molar-refractivity contribution in [3.63, 3.8) is 0 Å². The molecule has 0 bridgehead atoms. The molecule has 0 heterocycles. The number of aryl methyl sites for hydroxylation is 1. The Morgan fingerprint density at radius 3 is 2.33 bits per heavy atom. The fourth-order valence-electron chi connectivity index (χ4n) is 2.27. The minimum Gasteiger partial charge on any atom is -0.493 e. The zero-order chi connectivity index (χ0) is 17.9. The van der Waals surface area contributed by atoms with Crippen molar-refractivity contribution in [3.8, 4) is 11.5 Å². The molecule has 7 nitrogen and oxygen atoms in total. The van der Waals surface area contributed by atoms with Gasteiger partial charge in [-0.25, -0.2) is 0 Å². The lowest BCUT2D eigenvalue weighted by atomic mass is 10.1. The largest absolute Gasteiger partial charge is 0.493 e. The van der Waals surface area contributed by atoms with Crippen LogP contribution in [0.4, 0.5) is 11.4 Å². The first-order chi connectivity index (χ1) is 11.4. The number of nitrogens with one attached hydrogen (secondary N) is 1. The van der Waals surface area contributed by atoms with Crippen molar-refractivity contribution >= 4 is 17.3 Å². The number of carbonyl (C=O) groups is 1. The Labute approximate surface area is 139 Å². The molecule has 0 aliphatic carbocycles. The van der Waals surface area contributed by atoms with Gasteiger partial charge in [0.25, 0.3) is 11.6 Å². The molecular weight excluding hydrogens is 312 g/mol. The van der Waals surface area contributed by atoms with Crippen molar-refractivity contribution in [2.24, 2.45) is 0 Å². The Morgan fingerprint density at radius 2 is 1.75 bits per heavy atom. The topological polar surface area (TPSA) is 90.7 Å². The molecule has 0 atom stereocenters. The van der Waals surface area contributed by atoms with E-state index < -0.39 is 10.8 Å². The van der Waals surface area contributed by atoms with Crippen LogP contribution < -0.4 is 14.8 Å². The number of ether oxygens (including phenoxy) is 2. The van der Waals surface area contributed by atoms with Crippen LogP contribution in [0, 0.1) is 24.0 Å². The van der Waals surface area contributed by atoms with Gasteiger partial charge in [0.1, 0.15) is 5.69 Å². The molecule has 0 fully saturated rings. The summed E-state index contributed by atoms with van der Waals surface area (Å²) in [7, 11) is 2.96. The third-order valence-electron chi connectivity index (χ3n) is 3.79. The zero-order valence-electron chi connectivity index (χ0n) is 13.9. The third-order valence-corrected chi connectivity index (χ3v) is 3.79. The highest BCUT2D eigenvalue weighted by atomic mass is 16.6. The molecule has 24 heavy (non-hydrogen) atoms. The molecular formula is C17H18N2O5. The normalized spacial score (nSPS) is 10.2. The number of nitro benzene ring substituents is 1. The Bertz CT molecular complexity index is 802. The maximum atomic E-state index is 12.5. The van der Waals surface area contributed by atoms with Gasteiger partial charge in [-0.15, -0.1) is 0 Å². The first-order valence-electron chi connectivity index (χ1n) is 7.17. The Morgan fingerprint density at radius 1 is 1.08 bits per heavy atom. The molecule has 7 heteroatoms. The number of rotatable bonds is 5. The molecule has 0 aliphatic rings. The third kappa shape index (κ3) is 3.29. The van der Waals surface area contributed by atoms with E-state index in [0.717, 1.165) is 5.56 Å². The smallest absolute Gasteiger partial charge is 0.293 e. The van der Waals surface area contributed by atoms with E-state index >= 15 is 0 Å². The second-order valence-electron chi connectivity index (χ2n) is 5.18. The van der Waals surface area contributed by atoms with Gasteiger partial charge in [0.2, 0.25) is 0 Å². The molecule has 2 aromatic rings. The maximum Gasteiger partial charge on any atom is 0.293 e. The quantitative estimate of drug-likeness (QED) is 0.669. The fourth-order valence-corrected chi connectivity index (χ4v) is 2.27. The standard InChI is InChI=1S/C17H18N2O5/c1-10-5-7-13(19(21)22)16(11(10)2)18-17(20)12-6-8-14(23-3)15(9-12)24-4/h5-9H,1-4H3,(H,18,20). The summed E-state index contributed by atoms with van der Waals surface area (Å²) in [6, 6.07) is 7.72. The molecule has 2 aromatic carbocycles. The van der Waals surface area contributed by atoms with Gasteiger partial charge in [0.05, 0.1) is 19.1 Å². The minimum absolute atomic E-state index is 0.146. The van der Waals surface area contributed by atoms with E-state index in [1.165, 1.54) is 26.4 Å². The van der Waals surface area contributed by atoms with Crippen LogP contribution in [0.2, 0.25) is 0 Å². The molecule has 126 valence electrons. The van der Waals surface area contributed by atoms with Crippen molar-refractivity contribution in [2.45, 2.75) is 13.8 Å². The van der Waals surface area contributed by atoms with Gasteiger partial charge in [0.15, 0.2) is 11.5 Å². The van der Waals surface area contributed by atoms with E-state index in [1.807, 2.05) is 6.92 Å². The van der Waals surface area contributed by atoms with Crippen molar-refractivity contribution in [1.82, 2.24) is 0 Å². The van der Waals surface area contributed by atoms with Gasteiger partial charge in [-0.2, -0.15) is 0 Å². The maximum absolute atomic E-state index is 12.5. The average molecular weight is 330 g/mol. The van der Waals surface area contributed by atoms with Gasteiger partial charge in [-0.3, -0.25) is 14.9 Å². The summed E-state index contributed by atoms with van der Waals surface area (Å²) in [4.78, 5) is 23.2. The summed E-state index contributed by atoms with van der Waals surface area (Å²) in [5.74, 6) is 0.431. The number of hydrogen-bond donors (Lipinski definition) is 1. The monoisotopic (exact) mass is 330 g/mol. The number of hydrogen-bond acceptors (Lipinski definition) is 5. The van der Waals surface area contributed by atoms with Crippen LogP contribution in [0.3, 0.4) is 0 Å². The Hall–Kier alpha value is -3.09. The minimum atomic E-state index is -0.517. The van der Waals surface area contributed by atoms with Crippen molar-refractivity contribution in [1.29, 1.82) is 0 Å². The second kappa shape index (κ2) is 6.99. The number of methoxy groups -OCH3 is 2. The van der Waals surface area contributed by atoms with E-state index in [2.05, 4.69) is 5.32 Å². The molecule has 0 aliphatic heterocycles. The van der Waals surface area contributed by atoms with Crippen molar-refractivity contribution in [3.05, 3.63) is 57.1 Å². The SMILES string of the molecule is COc1ccc(C(=O)Nc2c([N+](=O)[O-])ccc(C)c2C)cc1OC. The van der Waals surface area contributed by atoms with Crippen LogP contribution in [-0.4, -0.2) is 25.1 Å². The fraction of sp³-hybridized carbons (Fsp3) is 0.235. The van der Waals surface area contributed by atoms with Crippen LogP contribution in [0.5, 0.6) is 11.5 Å². The highest BCUT2D eigenvalue weighted by Gasteiger charge is 2.20. The van der Waals surface area contributed by atoms with Crippen molar-refractivity contribution in [2.75, 3.05) is 19.5 Å². The molecule has 1 amide bonds. The molecule has 0 aromatic heterocycles.